The Balaban J connectivity index is 1.36. The molecule has 0 aliphatic carbocycles. The van der Waals surface area contributed by atoms with E-state index in [2.05, 4.69) is 15.2 Å². The van der Waals surface area contributed by atoms with E-state index in [-0.39, 0.29) is 18.5 Å². The van der Waals surface area contributed by atoms with Gasteiger partial charge < -0.3 is 14.4 Å². The molecule has 4 aromatic rings. The maximum atomic E-state index is 13.2. The third kappa shape index (κ3) is 4.85. The van der Waals surface area contributed by atoms with Crippen molar-refractivity contribution in [3.63, 3.8) is 0 Å². The highest BCUT2D eigenvalue weighted by Crippen LogP contribution is 2.33. The van der Waals surface area contributed by atoms with Gasteiger partial charge in [0.1, 0.15) is 0 Å². The zero-order valence-corrected chi connectivity index (χ0v) is 20.4. The Morgan fingerprint density at radius 2 is 1.94 bits per heavy atom. The minimum absolute atomic E-state index is 0.0254. The molecular formula is C26H25N5O3S. The van der Waals surface area contributed by atoms with E-state index in [0.717, 1.165) is 33.9 Å². The summed E-state index contributed by atoms with van der Waals surface area (Å²) in [6, 6.07) is 17.7. The van der Waals surface area contributed by atoms with E-state index >= 15 is 0 Å². The number of pyridine rings is 1. The largest absolute Gasteiger partial charge is 0.454 e. The molecule has 8 nitrogen and oxygen atoms in total. The van der Waals surface area contributed by atoms with Crippen molar-refractivity contribution in [1.82, 2.24) is 24.6 Å². The van der Waals surface area contributed by atoms with Crippen LogP contribution in [0.1, 0.15) is 18.1 Å². The molecule has 0 unspecified atom stereocenters. The number of nitrogens with zero attached hydrogens (tertiary/aromatic N) is 5. The Morgan fingerprint density at radius 1 is 1.09 bits per heavy atom. The van der Waals surface area contributed by atoms with Crippen LogP contribution in [0.2, 0.25) is 0 Å². The summed E-state index contributed by atoms with van der Waals surface area (Å²) in [5, 5.41) is 9.54. The van der Waals surface area contributed by atoms with Gasteiger partial charge in [-0.3, -0.25) is 14.3 Å². The maximum Gasteiger partial charge on any atom is 0.233 e. The highest BCUT2D eigenvalue weighted by atomic mass is 32.2. The van der Waals surface area contributed by atoms with Gasteiger partial charge in [0.25, 0.3) is 0 Å². The van der Waals surface area contributed by atoms with Gasteiger partial charge in [-0.2, -0.15) is 0 Å². The molecule has 0 spiro atoms. The zero-order valence-electron chi connectivity index (χ0n) is 19.5. The summed E-state index contributed by atoms with van der Waals surface area (Å²) in [7, 11) is 0. The fraction of sp³-hybridized carbons (Fsp3) is 0.231. The molecule has 35 heavy (non-hydrogen) atoms. The lowest BCUT2D eigenvalue weighted by Gasteiger charge is -2.21. The van der Waals surface area contributed by atoms with Crippen molar-refractivity contribution in [2.75, 3.05) is 19.1 Å². The summed E-state index contributed by atoms with van der Waals surface area (Å²) in [5.74, 6) is 2.41. The van der Waals surface area contributed by atoms with Crippen LogP contribution in [0.25, 0.3) is 17.1 Å². The molecule has 0 saturated carbocycles. The van der Waals surface area contributed by atoms with Gasteiger partial charge in [-0.05, 0) is 55.3 Å². The van der Waals surface area contributed by atoms with Gasteiger partial charge in [0.15, 0.2) is 22.5 Å². The number of carbonyl (C=O) groups is 1. The van der Waals surface area contributed by atoms with E-state index in [0.29, 0.717) is 24.1 Å². The predicted molar refractivity (Wildman–Crippen MR) is 134 cm³/mol. The first-order valence-corrected chi connectivity index (χ1v) is 12.3. The van der Waals surface area contributed by atoms with Gasteiger partial charge in [0.05, 0.1) is 11.4 Å². The number of hydrogen-bond acceptors (Lipinski definition) is 7. The second-order valence-corrected chi connectivity index (χ2v) is 9.00. The van der Waals surface area contributed by atoms with Crippen LogP contribution in [0.5, 0.6) is 11.5 Å². The molecule has 2 aromatic carbocycles. The number of aryl methyl sites for hydroxylation is 1. The number of fused-ring (bicyclic) bond motifs is 1. The summed E-state index contributed by atoms with van der Waals surface area (Å²) in [4.78, 5) is 19.2. The van der Waals surface area contributed by atoms with Crippen LogP contribution >= 0.6 is 11.8 Å². The van der Waals surface area contributed by atoms with Crippen molar-refractivity contribution < 1.29 is 14.3 Å². The van der Waals surface area contributed by atoms with Crippen molar-refractivity contribution in [3.05, 3.63) is 78.1 Å². The summed E-state index contributed by atoms with van der Waals surface area (Å²) in [5.41, 5.74) is 3.92. The van der Waals surface area contributed by atoms with Crippen molar-refractivity contribution in [2.45, 2.75) is 25.5 Å². The van der Waals surface area contributed by atoms with Crippen LogP contribution in [-0.2, 0) is 11.3 Å². The average Bonchev–Trinajstić information content (AvgIpc) is 3.53. The van der Waals surface area contributed by atoms with E-state index in [4.69, 9.17) is 9.47 Å². The van der Waals surface area contributed by atoms with Crippen LogP contribution in [-0.4, -0.2) is 49.6 Å². The number of benzene rings is 2. The molecule has 1 amide bonds. The minimum atomic E-state index is 0.0254. The highest BCUT2D eigenvalue weighted by Gasteiger charge is 2.21. The summed E-state index contributed by atoms with van der Waals surface area (Å²) < 4.78 is 12.9. The Morgan fingerprint density at radius 3 is 2.74 bits per heavy atom. The molecule has 9 heteroatoms. The SMILES string of the molecule is CCN(Cc1ccc2c(c1)OCO2)C(=O)CSc1nnc(-c2cccnc2)n1-c1ccccc1C. The molecule has 3 heterocycles. The van der Waals surface area contributed by atoms with Crippen LogP contribution in [0, 0.1) is 6.92 Å². The van der Waals surface area contributed by atoms with Gasteiger partial charge in [0, 0.05) is 31.0 Å². The molecule has 0 fully saturated rings. The Hall–Kier alpha value is -3.85. The number of carbonyl (C=O) groups excluding carboxylic acids is 1. The van der Waals surface area contributed by atoms with E-state index in [1.165, 1.54) is 11.8 Å². The normalized spacial score (nSPS) is 12.1. The third-order valence-electron chi connectivity index (χ3n) is 5.78. The quantitative estimate of drug-likeness (QED) is 0.338. The summed E-state index contributed by atoms with van der Waals surface area (Å²) >= 11 is 1.38. The first-order valence-electron chi connectivity index (χ1n) is 11.3. The first kappa shape index (κ1) is 22.9. The van der Waals surface area contributed by atoms with Crippen molar-refractivity contribution in [3.8, 4) is 28.6 Å². The Kier molecular flexibility index (Phi) is 6.67. The molecule has 1 aliphatic heterocycles. The topological polar surface area (TPSA) is 82.4 Å². The molecule has 0 atom stereocenters. The third-order valence-corrected chi connectivity index (χ3v) is 6.69. The Bertz CT molecular complexity index is 1340. The summed E-state index contributed by atoms with van der Waals surface area (Å²) in [6.45, 7) is 5.35. The predicted octanol–water partition coefficient (Wildman–Crippen LogP) is 4.51. The van der Waals surface area contributed by atoms with E-state index in [1.54, 1.807) is 12.4 Å². The van der Waals surface area contributed by atoms with Gasteiger partial charge in [-0.25, -0.2) is 0 Å². The number of aromatic nitrogens is 4. The van der Waals surface area contributed by atoms with E-state index in [1.807, 2.05) is 77.9 Å². The van der Waals surface area contributed by atoms with Gasteiger partial charge in [0.2, 0.25) is 12.7 Å². The van der Waals surface area contributed by atoms with E-state index < -0.39 is 0 Å². The lowest BCUT2D eigenvalue weighted by molar-refractivity contribution is -0.128. The van der Waals surface area contributed by atoms with Gasteiger partial charge in [-0.1, -0.05) is 36.0 Å². The van der Waals surface area contributed by atoms with Gasteiger partial charge >= 0.3 is 0 Å². The maximum absolute atomic E-state index is 13.2. The van der Waals surface area contributed by atoms with Gasteiger partial charge in [-0.15, -0.1) is 10.2 Å². The second-order valence-electron chi connectivity index (χ2n) is 8.05. The zero-order chi connectivity index (χ0) is 24.2. The lowest BCUT2D eigenvalue weighted by Crippen LogP contribution is -2.31. The number of rotatable bonds is 8. The van der Waals surface area contributed by atoms with E-state index in [9.17, 15) is 4.79 Å². The standard InChI is InChI=1S/C26H25N5O3S/c1-3-30(15-19-10-11-22-23(13-19)34-17-33-22)24(32)16-35-26-29-28-25(20-8-6-12-27-14-20)31(26)21-9-5-4-7-18(21)2/h4-14H,3,15-17H2,1-2H3. The average molecular weight is 488 g/mol. The number of ether oxygens (including phenoxy) is 2. The van der Waals surface area contributed by atoms with Crippen LogP contribution in [0.4, 0.5) is 0 Å². The molecule has 178 valence electrons. The van der Waals surface area contributed by atoms with Crippen LogP contribution < -0.4 is 9.47 Å². The molecule has 0 radical (unpaired) electrons. The molecule has 5 rings (SSSR count). The molecular weight excluding hydrogens is 462 g/mol. The smallest absolute Gasteiger partial charge is 0.233 e. The fourth-order valence-corrected chi connectivity index (χ4v) is 4.78. The molecule has 0 N–H and O–H groups in total. The van der Waals surface area contributed by atoms with Crippen LogP contribution in [0.15, 0.2) is 72.1 Å². The fourth-order valence-electron chi connectivity index (χ4n) is 3.93. The molecule has 1 aliphatic rings. The summed E-state index contributed by atoms with van der Waals surface area (Å²) in [6.07, 6.45) is 3.49. The molecule has 0 bridgehead atoms. The minimum Gasteiger partial charge on any atom is -0.454 e. The molecule has 2 aromatic heterocycles. The van der Waals surface area contributed by atoms with Crippen molar-refractivity contribution >= 4 is 17.7 Å². The molecule has 0 saturated heterocycles. The van der Waals surface area contributed by atoms with Crippen LogP contribution in [0.3, 0.4) is 0 Å². The second kappa shape index (κ2) is 10.2. The van der Waals surface area contributed by atoms with Crippen molar-refractivity contribution in [1.29, 1.82) is 0 Å². The number of amides is 1. The Labute approximate surface area is 207 Å². The lowest BCUT2D eigenvalue weighted by atomic mass is 10.2. The first-order chi connectivity index (χ1) is 17.1. The highest BCUT2D eigenvalue weighted by molar-refractivity contribution is 7.99. The number of thioether (sulfide) groups is 1. The van der Waals surface area contributed by atoms with Crippen molar-refractivity contribution in [2.24, 2.45) is 0 Å². The monoisotopic (exact) mass is 487 g/mol. The number of para-hydroxylation sites is 1. The number of hydrogen-bond donors (Lipinski definition) is 0.